The molecule has 0 saturated carbocycles. The Hall–Kier alpha value is -4.42. The zero-order valence-corrected chi connectivity index (χ0v) is 24.8. The molecule has 0 atom stereocenters. The Bertz CT molecular complexity index is 1570. The van der Waals surface area contributed by atoms with E-state index in [1.165, 1.54) is 6.92 Å². The molecule has 0 spiro atoms. The van der Waals surface area contributed by atoms with Gasteiger partial charge in [0.2, 0.25) is 5.91 Å². The summed E-state index contributed by atoms with van der Waals surface area (Å²) in [5.74, 6) is 1.39. The highest BCUT2D eigenvalue weighted by Gasteiger charge is 2.19. The van der Waals surface area contributed by atoms with Gasteiger partial charge in [0.1, 0.15) is 17.6 Å². The van der Waals surface area contributed by atoms with Crippen molar-refractivity contribution in [3.8, 4) is 33.8 Å². The summed E-state index contributed by atoms with van der Waals surface area (Å²) < 4.78 is 11.8. The smallest absolute Gasteiger partial charge is 0.221 e. The van der Waals surface area contributed by atoms with Crippen LogP contribution in [-0.2, 0) is 11.2 Å². The van der Waals surface area contributed by atoms with Gasteiger partial charge in [-0.25, -0.2) is 0 Å². The molecule has 1 fully saturated rings. The van der Waals surface area contributed by atoms with E-state index in [4.69, 9.17) is 9.47 Å². The summed E-state index contributed by atoms with van der Waals surface area (Å²) in [6.07, 6.45) is 2.42. The number of carbonyl (C=O) groups excluding carboxylic acids is 2. The molecule has 1 N–H and O–H groups in total. The van der Waals surface area contributed by atoms with Gasteiger partial charge in [-0.2, -0.15) is 0 Å². The molecule has 216 valence electrons. The maximum atomic E-state index is 13.3. The van der Waals surface area contributed by atoms with Gasteiger partial charge in [0.15, 0.2) is 5.78 Å². The van der Waals surface area contributed by atoms with Crippen LogP contribution in [0.4, 0.5) is 5.69 Å². The fourth-order valence-electron chi connectivity index (χ4n) is 5.45. The van der Waals surface area contributed by atoms with E-state index in [1.807, 2.05) is 85.8 Å². The van der Waals surface area contributed by atoms with Gasteiger partial charge in [-0.3, -0.25) is 9.59 Å². The quantitative estimate of drug-likeness (QED) is 0.219. The van der Waals surface area contributed by atoms with Gasteiger partial charge in [-0.1, -0.05) is 54.1 Å². The molecule has 0 unspecified atom stereocenters. The number of amides is 1. The Balaban J connectivity index is 1.33. The monoisotopic (exact) mass is 562 g/mol. The number of carbonyl (C=O) groups is 2. The van der Waals surface area contributed by atoms with E-state index in [0.29, 0.717) is 11.3 Å². The molecule has 0 aromatic heterocycles. The summed E-state index contributed by atoms with van der Waals surface area (Å²) in [7, 11) is 3.77. The number of hydrogen-bond donors (Lipinski definition) is 1. The second-order valence-electron chi connectivity index (χ2n) is 11.1. The summed E-state index contributed by atoms with van der Waals surface area (Å²) in [5.41, 5.74) is 7.18. The second-order valence-corrected chi connectivity index (χ2v) is 11.1. The third-order valence-corrected chi connectivity index (χ3v) is 7.75. The van der Waals surface area contributed by atoms with Crippen LogP contribution >= 0.6 is 0 Å². The van der Waals surface area contributed by atoms with Crippen molar-refractivity contribution >= 4 is 17.4 Å². The minimum atomic E-state index is -0.139. The lowest BCUT2D eigenvalue weighted by Crippen LogP contribution is -2.35. The van der Waals surface area contributed by atoms with Crippen LogP contribution in [0.2, 0.25) is 0 Å². The third kappa shape index (κ3) is 7.07. The number of ether oxygens (including phenoxy) is 2. The van der Waals surface area contributed by atoms with Gasteiger partial charge in [-0.15, -0.1) is 0 Å². The summed E-state index contributed by atoms with van der Waals surface area (Å²) in [6.45, 7) is 5.59. The Morgan fingerprint density at radius 2 is 1.64 bits per heavy atom. The molecular formula is C36H38N2O4. The van der Waals surface area contributed by atoms with E-state index in [0.717, 1.165) is 70.8 Å². The predicted molar refractivity (Wildman–Crippen MR) is 169 cm³/mol. The standard InChI is InChI=1S/C36H38N2O4/c1-24-6-5-7-28(20-24)33-22-29(12-15-36(33)41-4)35(40)21-26-8-10-27(11-9-26)32-14-13-31(23-34(32)37-25(2)39)42-30-16-18-38(3)19-17-30/h5-15,20,22-23,30H,16-19,21H2,1-4H3,(H,37,39). The highest BCUT2D eigenvalue weighted by atomic mass is 16.5. The van der Waals surface area contributed by atoms with Crippen LogP contribution < -0.4 is 14.8 Å². The van der Waals surface area contributed by atoms with E-state index in [-0.39, 0.29) is 24.2 Å². The van der Waals surface area contributed by atoms with E-state index in [9.17, 15) is 9.59 Å². The third-order valence-electron chi connectivity index (χ3n) is 7.75. The van der Waals surface area contributed by atoms with Crippen molar-refractivity contribution in [1.82, 2.24) is 4.90 Å². The highest BCUT2D eigenvalue weighted by molar-refractivity contribution is 5.99. The van der Waals surface area contributed by atoms with Crippen LogP contribution in [0.15, 0.2) is 84.9 Å². The second kappa shape index (κ2) is 13.0. The van der Waals surface area contributed by atoms with Crippen molar-refractivity contribution in [3.05, 3.63) is 102 Å². The van der Waals surface area contributed by atoms with Crippen molar-refractivity contribution < 1.29 is 19.1 Å². The van der Waals surface area contributed by atoms with Crippen LogP contribution in [-0.4, -0.2) is 49.9 Å². The number of nitrogens with zero attached hydrogens (tertiary/aromatic N) is 1. The summed E-state index contributed by atoms with van der Waals surface area (Å²) in [6, 6.07) is 27.6. The normalized spacial score (nSPS) is 13.9. The number of methoxy groups -OCH3 is 1. The number of ketones is 1. The molecule has 0 bridgehead atoms. The maximum absolute atomic E-state index is 13.3. The lowest BCUT2D eigenvalue weighted by atomic mass is 9.95. The number of aryl methyl sites for hydroxylation is 1. The lowest BCUT2D eigenvalue weighted by Gasteiger charge is -2.29. The average Bonchev–Trinajstić information content (AvgIpc) is 2.98. The number of piperidine rings is 1. The molecule has 42 heavy (non-hydrogen) atoms. The zero-order valence-electron chi connectivity index (χ0n) is 24.8. The van der Waals surface area contributed by atoms with Crippen LogP contribution in [0.5, 0.6) is 11.5 Å². The Morgan fingerprint density at radius 3 is 2.33 bits per heavy atom. The molecule has 4 aromatic rings. The van der Waals surface area contributed by atoms with Gasteiger partial charge < -0.3 is 19.7 Å². The molecular weight excluding hydrogens is 524 g/mol. The molecule has 6 nitrogen and oxygen atoms in total. The molecule has 4 aromatic carbocycles. The SMILES string of the molecule is COc1ccc(C(=O)Cc2ccc(-c3ccc(OC4CCN(C)CC4)cc3NC(C)=O)cc2)cc1-c1cccc(C)c1. The largest absolute Gasteiger partial charge is 0.496 e. The van der Waals surface area contributed by atoms with E-state index >= 15 is 0 Å². The van der Waals surface area contributed by atoms with Crippen molar-refractivity contribution in [2.45, 2.75) is 39.2 Å². The molecule has 1 aliphatic heterocycles. The van der Waals surface area contributed by atoms with Gasteiger partial charge in [0, 0.05) is 49.2 Å². The first-order valence-corrected chi connectivity index (χ1v) is 14.4. The molecule has 1 heterocycles. The Labute approximate surface area is 248 Å². The minimum absolute atomic E-state index is 0.0358. The van der Waals surface area contributed by atoms with Crippen LogP contribution in [0, 0.1) is 6.92 Å². The molecule has 1 amide bonds. The summed E-state index contributed by atoms with van der Waals surface area (Å²) in [4.78, 5) is 27.6. The molecule has 1 aliphatic rings. The maximum Gasteiger partial charge on any atom is 0.221 e. The number of hydrogen-bond acceptors (Lipinski definition) is 5. The number of likely N-dealkylation sites (tertiary alicyclic amines) is 1. The Morgan fingerprint density at radius 1 is 0.881 bits per heavy atom. The van der Waals surface area contributed by atoms with Gasteiger partial charge in [0.25, 0.3) is 0 Å². The minimum Gasteiger partial charge on any atom is -0.496 e. The zero-order chi connectivity index (χ0) is 29.6. The van der Waals surface area contributed by atoms with Crippen molar-refractivity contribution in [2.75, 3.05) is 32.6 Å². The fourth-order valence-corrected chi connectivity index (χ4v) is 5.45. The number of nitrogens with one attached hydrogen (secondary N) is 1. The highest BCUT2D eigenvalue weighted by Crippen LogP contribution is 2.34. The topological polar surface area (TPSA) is 67.9 Å². The van der Waals surface area contributed by atoms with Crippen molar-refractivity contribution in [2.24, 2.45) is 0 Å². The number of benzene rings is 4. The van der Waals surface area contributed by atoms with Gasteiger partial charge in [0.05, 0.1) is 12.8 Å². The van der Waals surface area contributed by atoms with Crippen LogP contribution in [0.3, 0.4) is 0 Å². The predicted octanol–water partition coefficient (Wildman–Crippen LogP) is 7.19. The first-order chi connectivity index (χ1) is 20.3. The summed E-state index contributed by atoms with van der Waals surface area (Å²) in [5, 5.41) is 2.96. The molecule has 5 rings (SSSR count). The fraction of sp³-hybridized carbons (Fsp3) is 0.278. The van der Waals surface area contributed by atoms with Crippen molar-refractivity contribution in [1.29, 1.82) is 0 Å². The first-order valence-electron chi connectivity index (χ1n) is 14.4. The average molecular weight is 563 g/mol. The summed E-state index contributed by atoms with van der Waals surface area (Å²) >= 11 is 0. The van der Waals surface area contributed by atoms with Crippen molar-refractivity contribution in [3.63, 3.8) is 0 Å². The molecule has 1 saturated heterocycles. The van der Waals surface area contributed by atoms with E-state index in [2.05, 4.69) is 23.3 Å². The van der Waals surface area contributed by atoms with Gasteiger partial charge >= 0.3 is 0 Å². The lowest BCUT2D eigenvalue weighted by molar-refractivity contribution is -0.114. The van der Waals surface area contributed by atoms with E-state index in [1.54, 1.807) is 7.11 Å². The number of rotatable bonds is 9. The molecule has 6 heteroatoms. The molecule has 0 aliphatic carbocycles. The number of Topliss-reactive ketones (excluding diaryl/α,β-unsaturated/α-hetero) is 1. The van der Waals surface area contributed by atoms with E-state index < -0.39 is 0 Å². The van der Waals surface area contributed by atoms with Gasteiger partial charge in [-0.05, 0) is 73.8 Å². The number of anilines is 1. The van der Waals surface area contributed by atoms with Crippen LogP contribution in [0.1, 0.15) is 41.3 Å². The Kier molecular flexibility index (Phi) is 9.03. The molecule has 0 radical (unpaired) electrons. The van der Waals surface area contributed by atoms with Crippen LogP contribution in [0.25, 0.3) is 22.3 Å². The first kappa shape index (κ1) is 29.1.